The van der Waals surface area contributed by atoms with Gasteiger partial charge in [-0.05, 0) is 124 Å². The van der Waals surface area contributed by atoms with Crippen molar-refractivity contribution in [2.24, 2.45) is 11.8 Å². The number of furan rings is 3. The monoisotopic (exact) mass is 1190 g/mol. The molecule has 7 aromatic rings. The number of esters is 1. The molecule has 2 aliphatic rings. The maximum Gasteiger partial charge on any atom is 0.335 e. The molecule has 0 spiro atoms. The molecule has 0 bridgehead atoms. The fourth-order valence-electron chi connectivity index (χ4n) is 8.65. The zero-order valence-corrected chi connectivity index (χ0v) is 47.5. The molecule has 2 aliphatic heterocycles. The molecule has 1 atom stereocenters. The molecule has 21 nitrogen and oxygen atoms in total. The smallest absolute Gasteiger partial charge is 0.335 e. The summed E-state index contributed by atoms with van der Waals surface area (Å²) in [5.41, 5.74) is 3.22. The minimum absolute atomic E-state index is 0. The summed E-state index contributed by atoms with van der Waals surface area (Å²) in [6, 6.07) is 26.9. The topological polar surface area (TPSA) is 281 Å². The number of hydrogen-bond donors (Lipinski definition) is 3. The number of aromatic carboxylic acids is 3. The van der Waals surface area contributed by atoms with Crippen molar-refractivity contribution in [3.05, 3.63) is 162 Å². The second kappa shape index (κ2) is 26.5. The average Bonchev–Trinajstić information content (AvgIpc) is 4.49. The van der Waals surface area contributed by atoms with Crippen molar-refractivity contribution in [1.82, 2.24) is 24.2 Å². The van der Waals surface area contributed by atoms with Crippen LogP contribution in [-0.2, 0) is 41.6 Å². The number of rotatable bonds is 14. The van der Waals surface area contributed by atoms with Crippen LogP contribution in [0.4, 0.5) is 0 Å². The lowest BCUT2D eigenvalue weighted by Crippen LogP contribution is -2.57. The highest BCUT2D eigenvalue weighted by Gasteiger charge is 2.42. The van der Waals surface area contributed by atoms with Crippen LogP contribution in [-0.4, -0.2) is 132 Å². The van der Waals surface area contributed by atoms with Gasteiger partial charge in [-0.25, -0.2) is 19.2 Å². The zero-order chi connectivity index (χ0) is 60.0. The Morgan fingerprint density at radius 1 is 0.639 bits per heavy atom. The summed E-state index contributed by atoms with van der Waals surface area (Å²) >= 11 is 11.1. The predicted molar refractivity (Wildman–Crippen MR) is 314 cm³/mol. The highest BCUT2D eigenvalue weighted by atomic mass is 32.1. The van der Waals surface area contributed by atoms with Gasteiger partial charge in [0.2, 0.25) is 23.6 Å². The number of thiocarbonyl (C=S) groups is 2. The maximum absolute atomic E-state index is 12.4. The van der Waals surface area contributed by atoms with Crippen molar-refractivity contribution >= 4 is 106 Å². The lowest BCUT2D eigenvalue weighted by atomic mass is 9.99. The predicted octanol–water partition coefficient (Wildman–Crippen LogP) is 7.21. The molecule has 3 N–H and O–H groups in total. The van der Waals surface area contributed by atoms with E-state index in [2.05, 4.69) is 6.58 Å². The molecule has 83 heavy (non-hydrogen) atoms. The summed E-state index contributed by atoms with van der Waals surface area (Å²) in [7, 11) is 6.13. The average molecular weight is 1190 g/mol. The van der Waals surface area contributed by atoms with E-state index >= 15 is 0 Å². The molecule has 6 heterocycles. The number of aromatic nitrogens is 1. The van der Waals surface area contributed by atoms with E-state index < -0.39 is 41.8 Å². The van der Waals surface area contributed by atoms with E-state index in [9.17, 15) is 48.3 Å². The van der Waals surface area contributed by atoms with E-state index in [1.807, 2.05) is 6.92 Å². The highest BCUT2D eigenvalue weighted by molar-refractivity contribution is 7.80. The molecule has 9 rings (SSSR count). The van der Waals surface area contributed by atoms with Gasteiger partial charge in [-0.2, -0.15) is 0 Å². The molecular weight excluding hydrogens is 1130 g/mol. The van der Waals surface area contributed by atoms with Crippen LogP contribution >= 0.6 is 35.8 Å². The Labute approximate surface area is 489 Å². The molecule has 0 saturated carbocycles. The third-order valence-corrected chi connectivity index (χ3v) is 15.3. The molecule has 3 aromatic carbocycles. The van der Waals surface area contributed by atoms with Gasteiger partial charge in [0, 0.05) is 63.8 Å². The summed E-state index contributed by atoms with van der Waals surface area (Å²) < 4.78 is 24.2. The van der Waals surface area contributed by atoms with Gasteiger partial charge in [-0.1, -0.05) is 55.7 Å². The first-order chi connectivity index (χ1) is 38.8. The summed E-state index contributed by atoms with van der Waals surface area (Å²) in [6.45, 7) is 9.32. The summed E-state index contributed by atoms with van der Waals surface area (Å²) in [6.07, 6.45) is 1.88. The minimum Gasteiger partial charge on any atom is -0.478 e. The fourth-order valence-corrected chi connectivity index (χ4v) is 9.96. The minimum atomic E-state index is -1.03. The Balaban J connectivity index is 0.000000199. The number of amides is 4. The van der Waals surface area contributed by atoms with Crippen molar-refractivity contribution in [2.45, 2.75) is 47.1 Å². The first-order valence-corrected chi connectivity index (χ1v) is 26.5. The van der Waals surface area contributed by atoms with E-state index in [1.54, 1.807) is 92.7 Å². The van der Waals surface area contributed by atoms with Gasteiger partial charge >= 0.3 is 28.8 Å². The number of thiazole rings is 1. The highest BCUT2D eigenvalue weighted by Crippen LogP contribution is 2.30. The molecule has 24 heteroatoms. The van der Waals surface area contributed by atoms with Gasteiger partial charge < -0.3 is 33.3 Å². The Morgan fingerprint density at radius 3 is 1.51 bits per heavy atom. The molecular formula is C59H57N5O16S3. The number of carbonyl (C=O) groups excluding carboxylic acids is 5. The molecule has 0 radical (unpaired) electrons. The van der Waals surface area contributed by atoms with Gasteiger partial charge in [0.15, 0.2) is 10.2 Å². The Kier molecular flexibility index (Phi) is 20.0. The van der Waals surface area contributed by atoms with Crippen LogP contribution in [0, 0.1) is 18.8 Å². The van der Waals surface area contributed by atoms with Gasteiger partial charge in [-0.3, -0.25) is 48.1 Å². The summed E-state index contributed by atoms with van der Waals surface area (Å²) in [5, 5.41) is 28.1. The second-order valence-electron chi connectivity index (χ2n) is 18.6. The van der Waals surface area contributed by atoms with E-state index in [1.165, 1.54) is 82.7 Å². The lowest BCUT2D eigenvalue weighted by Gasteiger charge is -2.35. The van der Waals surface area contributed by atoms with E-state index in [-0.39, 0.29) is 82.3 Å². The SMILES string of the molecule is C.C=c1/c(=C\c2ccc(-c3cc(C(=O)O)ccc3C)o2)sc(=O)n1[C@H](C)C(=O)OCC.CN1C(=O)C(Cc2ccc(-c3cccc(C(=O)O)c3)o2)C(=O)N(C)C1=S.CN1C(=O)C(Cc2ccc(-c3cccc(C(=O)O)c3)o2)C(=O)N(C)C1=S. The van der Waals surface area contributed by atoms with Gasteiger partial charge in [-0.15, -0.1) is 0 Å². The van der Waals surface area contributed by atoms with E-state index in [0.717, 1.165) is 16.9 Å². The quantitative estimate of drug-likeness (QED) is 0.0551. The van der Waals surface area contributed by atoms with Crippen molar-refractivity contribution in [2.75, 3.05) is 34.8 Å². The molecule has 0 unspecified atom stereocenters. The molecule has 4 aromatic heterocycles. The Hall–Kier alpha value is -9.39. The molecule has 2 fully saturated rings. The largest absolute Gasteiger partial charge is 0.478 e. The molecule has 4 amide bonds. The van der Waals surface area contributed by atoms with Gasteiger partial charge in [0.1, 0.15) is 52.4 Å². The molecule has 2 saturated heterocycles. The second-order valence-corrected chi connectivity index (χ2v) is 20.4. The number of carbonyl (C=O) groups is 8. The van der Waals surface area contributed by atoms with Crippen LogP contribution in [0.2, 0.25) is 0 Å². The first kappa shape index (κ1) is 62.8. The number of hydrogen-bond acceptors (Lipinski definition) is 16. The third kappa shape index (κ3) is 13.9. The molecule has 0 aliphatic carbocycles. The molecule has 432 valence electrons. The van der Waals surface area contributed by atoms with Gasteiger partial charge in [0.05, 0.1) is 33.2 Å². The number of ether oxygens (including phenoxy) is 1. The number of benzene rings is 3. The first-order valence-electron chi connectivity index (χ1n) is 24.9. The third-order valence-electron chi connectivity index (χ3n) is 13.2. The number of aryl methyl sites for hydroxylation is 1. The normalized spacial score (nSPS) is 14.4. The standard InChI is InChI=1S/C22H21NO6S.2C18H16N2O5S.CH4/c1-5-28-21(26)14(4)23-13(3)19(30-22(23)27)11-16-8-9-18(29-16)17-10-15(20(24)25)7-6-12(17)2;2*1-19-15(21)13(16(22)20(2)18(19)26)9-12-6-7-14(25-12)10-4-3-5-11(8-10)17(23)24;/h6-11,14H,3,5H2,1-2,4H3,(H,24,25);2*3-8,13H,9H2,1-2H3,(H,23,24);1H4/b19-11+;;;/t14-;;;/m1.../s1. The van der Waals surface area contributed by atoms with Crippen LogP contribution < -0.4 is 14.8 Å². The Bertz CT molecular complexity index is 3710. The van der Waals surface area contributed by atoms with Crippen LogP contribution in [0.25, 0.3) is 46.6 Å². The van der Waals surface area contributed by atoms with Crippen molar-refractivity contribution in [3.63, 3.8) is 0 Å². The van der Waals surface area contributed by atoms with Crippen molar-refractivity contribution in [1.29, 1.82) is 0 Å². The Morgan fingerprint density at radius 2 is 1.07 bits per heavy atom. The zero-order valence-electron chi connectivity index (χ0n) is 45.1. The number of nitrogens with zero attached hydrogens (tertiary/aromatic N) is 5. The van der Waals surface area contributed by atoms with Crippen LogP contribution in [0.15, 0.2) is 121 Å². The summed E-state index contributed by atoms with van der Waals surface area (Å²) in [4.78, 5) is 112. The number of carboxylic acid groups (broad SMARTS) is 3. The van der Waals surface area contributed by atoms with Crippen LogP contribution in [0.1, 0.15) is 81.2 Å². The van der Waals surface area contributed by atoms with Gasteiger partial charge in [0.25, 0.3) is 0 Å². The number of carboxylic acids is 3. The van der Waals surface area contributed by atoms with Crippen molar-refractivity contribution < 1.29 is 71.7 Å². The maximum atomic E-state index is 12.4. The van der Waals surface area contributed by atoms with Crippen LogP contribution in [0.3, 0.4) is 0 Å². The van der Waals surface area contributed by atoms with Crippen molar-refractivity contribution in [3.8, 4) is 34.0 Å². The summed E-state index contributed by atoms with van der Waals surface area (Å²) in [5.74, 6) is -4.01. The lowest BCUT2D eigenvalue weighted by molar-refractivity contribution is -0.147. The fraction of sp³-hybridized carbons (Fsp3) is 0.237. The van der Waals surface area contributed by atoms with E-state index in [4.69, 9.17) is 52.6 Å². The van der Waals surface area contributed by atoms with Crippen LogP contribution in [0.5, 0.6) is 0 Å². The van der Waals surface area contributed by atoms with E-state index in [0.29, 0.717) is 61.1 Å².